The number of carbonyl (C=O) groups excluding carboxylic acids is 1. The lowest BCUT2D eigenvalue weighted by atomic mass is 10.1. The maximum absolute atomic E-state index is 11.8. The third-order valence-electron chi connectivity index (χ3n) is 3.51. The zero-order chi connectivity index (χ0) is 15.2. The van der Waals surface area contributed by atoms with Crippen molar-refractivity contribution in [1.29, 1.82) is 0 Å². The number of rotatable bonds is 5. The van der Waals surface area contributed by atoms with Gasteiger partial charge in [-0.1, -0.05) is 0 Å². The zero-order valence-corrected chi connectivity index (χ0v) is 12.3. The van der Waals surface area contributed by atoms with Crippen LogP contribution in [0, 0.1) is 0 Å². The molecule has 0 spiro atoms. The van der Waals surface area contributed by atoms with Crippen LogP contribution in [0.1, 0.15) is 25.0 Å². The van der Waals surface area contributed by atoms with E-state index in [0.29, 0.717) is 11.4 Å². The van der Waals surface area contributed by atoms with E-state index in [1.54, 1.807) is 30.7 Å². The van der Waals surface area contributed by atoms with Gasteiger partial charge in [0, 0.05) is 18.9 Å². The Kier molecular flexibility index (Phi) is 4.70. The second kappa shape index (κ2) is 7.09. The van der Waals surface area contributed by atoms with E-state index in [2.05, 4.69) is 10.4 Å². The van der Waals surface area contributed by atoms with Crippen LogP contribution in [-0.2, 0) is 16.1 Å². The molecule has 6 heteroatoms. The van der Waals surface area contributed by atoms with Gasteiger partial charge in [0.1, 0.15) is 5.76 Å². The first-order valence-electron chi connectivity index (χ1n) is 7.46. The summed E-state index contributed by atoms with van der Waals surface area (Å²) in [7, 11) is 0. The second-order valence-corrected chi connectivity index (χ2v) is 5.28. The number of nitrogens with one attached hydrogen (secondary N) is 1. The van der Waals surface area contributed by atoms with Gasteiger partial charge in [0.25, 0.3) is 0 Å². The van der Waals surface area contributed by atoms with Gasteiger partial charge in [0.05, 0.1) is 30.8 Å². The predicted octanol–water partition coefficient (Wildman–Crippen LogP) is 2.70. The highest BCUT2D eigenvalue weighted by Crippen LogP contribution is 2.15. The van der Waals surface area contributed by atoms with Gasteiger partial charge in [-0.25, -0.2) is 0 Å². The van der Waals surface area contributed by atoms with Crippen LogP contribution >= 0.6 is 0 Å². The average molecular weight is 301 g/mol. The summed E-state index contributed by atoms with van der Waals surface area (Å²) >= 11 is 0. The highest BCUT2D eigenvalue weighted by atomic mass is 16.5. The Hall–Kier alpha value is -2.34. The number of hydrogen-bond acceptors (Lipinski definition) is 4. The van der Waals surface area contributed by atoms with Gasteiger partial charge >= 0.3 is 0 Å². The molecule has 0 bridgehead atoms. The molecular weight excluding hydrogens is 282 g/mol. The summed E-state index contributed by atoms with van der Waals surface area (Å²) in [5.41, 5.74) is 0.671. The van der Waals surface area contributed by atoms with Crippen molar-refractivity contribution in [2.75, 3.05) is 11.9 Å². The number of nitrogens with zero attached hydrogens (tertiary/aromatic N) is 2. The molecule has 0 aromatic carbocycles. The van der Waals surface area contributed by atoms with Gasteiger partial charge in [-0.2, -0.15) is 5.10 Å². The normalized spacial score (nSPS) is 18.6. The monoisotopic (exact) mass is 301 g/mol. The van der Waals surface area contributed by atoms with E-state index < -0.39 is 0 Å². The molecule has 2 aromatic rings. The standard InChI is InChI=1S/C16H19N3O3/c20-16(7-6-14-5-3-9-21-14)18-13-10-17-19(11-13)12-15-4-1-2-8-22-15/h3,5-7,9-11,15H,1-2,4,8,12H2,(H,18,20). The summed E-state index contributed by atoms with van der Waals surface area (Å²) in [6.45, 7) is 1.55. The maximum atomic E-state index is 11.8. The van der Waals surface area contributed by atoms with E-state index in [-0.39, 0.29) is 12.0 Å². The van der Waals surface area contributed by atoms with Crippen molar-refractivity contribution < 1.29 is 13.9 Å². The smallest absolute Gasteiger partial charge is 0.248 e. The Bertz CT molecular complexity index is 625. The first-order chi connectivity index (χ1) is 10.8. The largest absolute Gasteiger partial charge is 0.465 e. The molecule has 1 atom stereocenters. The minimum absolute atomic E-state index is 0.218. The van der Waals surface area contributed by atoms with E-state index in [0.717, 1.165) is 26.0 Å². The summed E-state index contributed by atoms with van der Waals surface area (Å²) in [5, 5.41) is 7.02. The van der Waals surface area contributed by atoms with Crippen LogP contribution in [0.15, 0.2) is 41.3 Å². The van der Waals surface area contributed by atoms with E-state index in [4.69, 9.17) is 9.15 Å². The Morgan fingerprint density at radius 2 is 2.45 bits per heavy atom. The summed E-state index contributed by atoms with van der Waals surface area (Å²) in [5.74, 6) is 0.421. The molecule has 3 heterocycles. The summed E-state index contributed by atoms with van der Waals surface area (Å²) in [6.07, 6.45) is 11.7. The Balaban J connectivity index is 1.51. The summed E-state index contributed by atoms with van der Waals surface area (Å²) in [6, 6.07) is 3.56. The molecular formula is C16H19N3O3. The van der Waals surface area contributed by atoms with E-state index in [1.807, 2.05) is 10.9 Å². The van der Waals surface area contributed by atoms with Gasteiger partial charge in [0.2, 0.25) is 5.91 Å². The van der Waals surface area contributed by atoms with Crippen LogP contribution in [-0.4, -0.2) is 28.4 Å². The maximum Gasteiger partial charge on any atom is 0.248 e. The number of ether oxygens (including phenoxy) is 1. The minimum Gasteiger partial charge on any atom is -0.465 e. The third kappa shape index (κ3) is 4.08. The highest BCUT2D eigenvalue weighted by molar-refractivity contribution is 6.01. The molecule has 1 aliphatic heterocycles. The van der Waals surface area contributed by atoms with Crippen molar-refractivity contribution in [3.63, 3.8) is 0 Å². The highest BCUT2D eigenvalue weighted by Gasteiger charge is 2.14. The lowest BCUT2D eigenvalue weighted by Gasteiger charge is -2.22. The number of furan rings is 1. The molecule has 1 N–H and O–H groups in total. The van der Waals surface area contributed by atoms with Crippen LogP contribution in [0.5, 0.6) is 0 Å². The van der Waals surface area contributed by atoms with E-state index in [1.165, 1.54) is 12.5 Å². The Labute approximate surface area is 128 Å². The molecule has 1 aliphatic rings. The third-order valence-corrected chi connectivity index (χ3v) is 3.51. The van der Waals surface area contributed by atoms with Crippen molar-refractivity contribution in [3.05, 3.63) is 42.6 Å². The molecule has 1 fully saturated rings. The van der Waals surface area contributed by atoms with Crippen molar-refractivity contribution in [1.82, 2.24) is 9.78 Å². The van der Waals surface area contributed by atoms with Gasteiger partial charge in [-0.15, -0.1) is 0 Å². The summed E-state index contributed by atoms with van der Waals surface area (Å²) < 4.78 is 12.6. The van der Waals surface area contributed by atoms with Gasteiger partial charge in [-0.05, 0) is 37.5 Å². The van der Waals surface area contributed by atoms with Gasteiger partial charge in [0.15, 0.2) is 0 Å². The lowest BCUT2D eigenvalue weighted by molar-refractivity contribution is -0.111. The molecule has 3 rings (SSSR count). The molecule has 6 nitrogen and oxygen atoms in total. The Morgan fingerprint density at radius 1 is 1.50 bits per heavy atom. The lowest BCUT2D eigenvalue weighted by Crippen LogP contribution is -2.24. The average Bonchev–Trinajstić information content (AvgIpc) is 3.18. The number of anilines is 1. The molecule has 1 saturated heterocycles. The number of carbonyl (C=O) groups is 1. The fourth-order valence-corrected chi connectivity index (χ4v) is 2.42. The van der Waals surface area contributed by atoms with Crippen LogP contribution in [0.4, 0.5) is 5.69 Å². The van der Waals surface area contributed by atoms with Crippen molar-refractivity contribution >= 4 is 17.7 Å². The molecule has 1 amide bonds. The van der Waals surface area contributed by atoms with Crippen molar-refractivity contribution in [2.45, 2.75) is 31.9 Å². The molecule has 2 aromatic heterocycles. The van der Waals surface area contributed by atoms with Gasteiger partial charge in [-0.3, -0.25) is 9.48 Å². The SMILES string of the molecule is O=C(C=Cc1ccco1)Nc1cnn(CC2CCCCO2)c1. The van der Waals surface area contributed by atoms with Gasteiger partial charge < -0.3 is 14.5 Å². The molecule has 1 unspecified atom stereocenters. The van der Waals surface area contributed by atoms with Crippen molar-refractivity contribution in [3.8, 4) is 0 Å². The predicted molar refractivity (Wildman–Crippen MR) is 82.2 cm³/mol. The molecule has 116 valence electrons. The molecule has 22 heavy (non-hydrogen) atoms. The van der Waals surface area contributed by atoms with Crippen LogP contribution in [0.2, 0.25) is 0 Å². The fourth-order valence-electron chi connectivity index (χ4n) is 2.42. The number of aromatic nitrogens is 2. The first kappa shape index (κ1) is 14.6. The zero-order valence-electron chi connectivity index (χ0n) is 12.3. The number of hydrogen-bond donors (Lipinski definition) is 1. The van der Waals surface area contributed by atoms with E-state index >= 15 is 0 Å². The summed E-state index contributed by atoms with van der Waals surface area (Å²) in [4.78, 5) is 11.8. The molecule has 0 aliphatic carbocycles. The quantitative estimate of drug-likeness (QED) is 0.862. The molecule has 0 radical (unpaired) electrons. The van der Waals surface area contributed by atoms with E-state index in [9.17, 15) is 4.79 Å². The minimum atomic E-state index is -0.218. The first-order valence-corrected chi connectivity index (χ1v) is 7.46. The van der Waals surface area contributed by atoms with Crippen LogP contribution in [0.25, 0.3) is 6.08 Å². The molecule has 0 saturated carbocycles. The topological polar surface area (TPSA) is 69.3 Å². The van der Waals surface area contributed by atoms with Crippen LogP contribution in [0.3, 0.4) is 0 Å². The second-order valence-electron chi connectivity index (χ2n) is 5.28. The Morgan fingerprint density at radius 3 is 3.23 bits per heavy atom. The van der Waals surface area contributed by atoms with Crippen molar-refractivity contribution in [2.24, 2.45) is 0 Å². The fraction of sp³-hybridized carbons (Fsp3) is 0.375. The number of amides is 1. The van der Waals surface area contributed by atoms with Crippen LogP contribution < -0.4 is 5.32 Å².